The molecule has 0 aliphatic carbocycles. The third-order valence-corrected chi connectivity index (χ3v) is 3.63. The highest BCUT2D eigenvalue weighted by molar-refractivity contribution is 7.80. The Balaban J connectivity index is 2.17. The fraction of sp³-hybridized carbons (Fsp3) is 0.333. The van der Waals surface area contributed by atoms with Crippen LogP contribution in [0.2, 0.25) is 0 Å². The van der Waals surface area contributed by atoms with Crippen LogP contribution in [0.3, 0.4) is 0 Å². The Labute approximate surface area is 140 Å². The Morgan fingerprint density at radius 3 is 2.62 bits per heavy atom. The average Bonchev–Trinajstić information content (AvgIpc) is 2.51. The van der Waals surface area contributed by atoms with E-state index < -0.39 is 37.0 Å². The molecule has 4 nitrogen and oxygen atoms in total. The quantitative estimate of drug-likeness (QED) is 0.490. The van der Waals surface area contributed by atoms with E-state index in [4.69, 9.17) is 17.0 Å². The molecule has 0 amide bonds. The van der Waals surface area contributed by atoms with Gasteiger partial charge in [-0.05, 0) is 25.2 Å². The summed E-state index contributed by atoms with van der Waals surface area (Å²) in [5, 5.41) is 5.39. The first-order valence-corrected chi connectivity index (χ1v) is 7.31. The maximum atomic E-state index is 13.1. The number of hydrogen-bond acceptors (Lipinski definition) is 3. The third-order valence-electron chi connectivity index (χ3n) is 3.41. The van der Waals surface area contributed by atoms with Gasteiger partial charge in [0, 0.05) is 11.3 Å². The number of halogens is 4. The van der Waals surface area contributed by atoms with Crippen LogP contribution in [0.4, 0.5) is 17.6 Å². The molecule has 0 saturated carbocycles. The standard InChI is InChI=1S/C15H14F4N2O2S/c1-8-12(11(6-16)21-14(24)20-8)13(22)23-7-9-4-2-3-5-10(9)15(17,18)19/h2-5,11H,6-7H2,1H3,(H2,20,21,24). The van der Waals surface area contributed by atoms with E-state index in [1.54, 1.807) is 0 Å². The molecule has 9 heteroatoms. The number of hydrogen-bond donors (Lipinski definition) is 2. The first kappa shape index (κ1) is 18.2. The molecule has 24 heavy (non-hydrogen) atoms. The third kappa shape index (κ3) is 4.02. The minimum Gasteiger partial charge on any atom is -0.457 e. The molecule has 1 aromatic rings. The fourth-order valence-electron chi connectivity index (χ4n) is 2.32. The van der Waals surface area contributed by atoms with Gasteiger partial charge in [-0.1, -0.05) is 18.2 Å². The average molecular weight is 362 g/mol. The van der Waals surface area contributed by atoms with Gasteiger partial charge in [0.25, 0.3) is 0 Å². The summed E-state index contributed by atoms with van der Waals surface area (Å²) in [7, 11) is 0. The van der Waals surface area contributed by atoms with Gasteiger partial charge in [-0.3, -0.25) is 0 Å². The number of rotatable bonds is 4. The van der Waals surface area contributed by atoms with Crippen molar-refractivity contribution in [3.8, 4) is 0 Å². The maximum Gasteiger partial charge on any atom is 0.416 e. The van der Waals surface area contributed by atoms with Gasteiger partial charge in [-0.25, -0.2) is 9.18 Å². The second kappa shape index (κ2) is 7.16. The number of esters is 1. The summed E-state index contributed by atoms with van der Waals surface area (Å²) in [6.45, 7) is 0.0214. The van der Waals surface area contributed by atoms with Crippen molar-refractivity contribution in [3.05, 3.63) is 46.7 Å². The smallest absolute Gasteiger partial charge is 0.416 e. The first-order valence-electron chi connectivity index (χ1n) is 6.90. The number of nitrogens with one attached hydrogen (secondary N) is 2. The molecule has 1 unspecified atom stereocenters. The fourth-order valence-corrected chi connectivity index (χ4v) is 2.62. The van der Waals surface area contributed by atoms with Crippen LogP contribution in [0.25, 0.3) is 0 Å². The largest absolute Gasteiger partial charge is 0.457 e. The summed E-state index contributed by atoms with van der Waals surface area (Å²) in [6.07, 6.45) is -4.56. The topological polar surface area (TPSA) is 50.4 Å². The molecular weight excluding hydrogens is 348 g/mol. The summed E-state index contributed by atoms with van der Waals surface area (Å²) >= 11 is 4.86. The van der Waals surface area contributed by atoms with Crippen molar-refractivity contribution in [1.29, 1.82) is 0 Å². The van der Waals surface area contributed by atoms with E-state index >= 15 is 0 Å². The van der Waals surface area contributed by atoms with E-state index in [9.17, 15) is 22.4 Å². The van der Waals surface area contributed by atoms with Gasteiger partial charge in [0.1, 0.15) is 13.3 Å². The second-order valence-corrected chi connectivity index (χ2v) is 5.48. The molecule has 1 aromatic carbocycles. The Morgan fingerprint density at radius 2 is 2.00 bits per heavy atom. The maximum absolute atomic E-state index is 13.1. The van der Waals surface area contributed by atoms with Crippen LogP contribution >= 0.6 is 12.2 Å². The van der Waals surface area contributed by atoms with Crippen LogP contribution in [0, 0.1) is 0 Å². The molecule has 0 fully saturated rings. The van der Waals surface area contributed by atoms with Gasteiger partial charge < -0.3 is 15.4 Å². The molecule has 2 rings (SSSR count). The van der Waals surface area contributed by atoms with Gasteiger partial charge in [-0.2, -0.15) is 13.2 Å². The van der Waals surface area contributed by atoms with E-state index in [1.807, 2.05) is 0 Å². The second-order valence-electron chi connectivity index (χ2n) is 5.08. The van der Waals surface area contributed by atoms with Crippen LogP contribution < -0.4 is 10.6 Å². The molecule has 1 atom stereocenters. The summed E-state index contributed by atoms with van der Waals surface area (Å²) in [5.74, 6) is -0.908. The molecule has 0 saturated heterocycles. The number of thiocarbonyl (C=S) groups is 1. The van der Waals surface area contributed by atoms with E-state index in [1.165, 1.54) is 25.1 Å². The molecule has 0 radical (unpaired) electrons. The van der Waals surface area contributed by atoms with Gasteiger partial charge in [-0.15, -0.1) is 0 Å². The van der Waals surface area contributed by atoms with Gasteiger partial charge >= 0.3 is 12.1 Å². The molecule has 0 aromatic heterocycles. The van der Waals surface area contributed by atoms with Crippen LogP contribution in [0.1, 0.15) is 18.1 Å². The summed E-state index contributed by atoms with van der Waals surface area (Å²) in [5.41, 5.74) is -0.793. The van der Waals surface area contributed by atoms with Crippen molar-refractivity contribution in [1.82, 2.24) is 10.6 Å². The highest BCUT2D eigenvalue weighted by Crippen LogP contribution is 2.32. The molecule has 130 valence electrons. The van der Waals surface area contributed by atoms with E-state index in [-0.39, 0.29) is 16.2 Å². The number of alkyl halides is 4. The molecule has 1 heterocycles. The van der Waals surface area contributed by atoms with Crippen LogP contribution in [-0.4, -0.2) is 23.8 Å². The lowest BCUT2D eigenvalue weighted by Crippen LogP contribution is -2.50. The Kier molecular flexibility index (Phi) is 5.43. The number of allylic oxidation sites excluding steroid dienone is 1. The van der Waals surface area contributed by atoms with Crippen LogP contribution in [-0.2, 0) is 22.3 Å². The van der Waals surface area contributed by atoms with Crippen LogP contribution in [0.15, 0.2) is 35.5 Å². The lowest BCUT2D eigenvalue weighted by atomic mass is 10.0. The molecule has 0 bridgehead atoms. The van der Waals surface area contributed by atoms with Crippen LogP contribution in [0.5, 0.6) is 0 Å². The predicted octanol–water partition coefficient (Wildman–Crippen LogP) is 2.84. The van der Waals surface area contributed by atoms with Gasteiger partial charge in [0.2, 0.25) is 0 Å². The minimum absolute atomic E-state index is 0.0319. The number of benzene rings is 1. The van der Waals surface area contributed by atoms with Crippen molar-refractivity contribution in [2.24, 2.45) is 0 Å². The van der Waals surface area contributed by atoms with Crippen molar-refractivity contribution in [2.75, 3.05) is 6.67 Å². The number of carbonyl (C=O) groups excluding carboxylic acids is 1. The highest BCUT2D eigenvalue weighted by Gasteiger charge is 2.34. The van der Waals surface area contributed by atoms with Gasteiger partial charge in [0.15, 0.2) is 5.11 Å². The molecule has 1 aliphatic rings. The lowest BCUT2D eigenvalue weighted by Gasteiger charge is -2.27. The highest BCUT2D eigenvalue weighted by atomic mass is 32.1. The predicted molar refractivity (Wildman–Crippen MR) is 82.6 cm³/mol. The Morgan fingerprint density at radius 1 is 1.33 bits per heavy atom. The van der Waals surface area contributed by atoms with E-state index in [0.717, 1.165) is 6.07 Å². The summed E-state index contributed by atoms with van der Waals surface area (Å²) in [6, 6.07) is 3.78. The zero-order chi connectivity index (χ0) is 17.9. The monoisotopic (exact) mass is 362 g/mol. The Bertz CT molecular complexity index is 688. The molecule has 2 N–H and O–H groups in total. The van der Waals surface area contributed by atoms with Crippen molar-refractivity contribution in [3.63, 3.8) is 0 Å². The van der Waals surface area contributed by atoms with E-state index in [2.05, 4.69) is 10.6 Å². The molecule has 0 spiro atoms. The summed E-state index contributed by atoms with van der Waals surface area (Å²) < 4.78 is 56.8. The number of ether oxygens (including phenoxy) is 1. The first-order chi connectivity index (χ1) is 11.2. The van der Waals surface area contributed by atoms with Crippen molar-refractivity contribution < 1.29 is 27.1 Å². The van der Waals surface area contributed by atoms with Crippen molar-refractivity contribution >= 4 is 23.3 Å². The SMILES string of the molecule is CC1=C(C(=O)OCc2ccccc2C(F)(F)F)C(CF)NC(=S)N1. The van der Waals surface area contributed by atoms with Crippen molar-refractivity contribution in [2.45, 2.75) is 25.7 Å². The zero-order valence-corrected chi connectivity index (χ0v) is 13.4. The normalized spacial score (nSPS) is 18.0. The molecular formula is C15H14F4N2O2S. The lowest BCUT2D eigenvalue weighted by molar-refractivity contribution is -0.144. The van der Waals surface area contributed by atoms with E-state index in [0.29, 0.717) is 5.70 Å². The number of carbonyl (C=O) groups is 1. The zero-order valence-electron chi connectivity index (χ0n) is 12.5. The van der Waals surface area contributed by atoms with Gasteiger partial charge in [0.05, 0.1) is 17.2 Å². The molecule has 1 aliphatic heterocycles. The Hall–Kier alpha value is -2.16. The summed E-state index contributed by atoms with van der Waals surface area (Å²) in [4.78, 5) is 12.2. The minimum atomic E-state index is -4.56.